The number of anilines is 1. The summed E-state index contributed by atoms with van der Waals surface area (Å²) in [5.41, 5.74) is 1.69. The fraction of sp³-hybridized carbons (Fsp3) is 0.0526. The minimum absolute atomic E-state index is 0.0140. The van der Waals surface area contributed by atoms with E-state index < -0.39 is 5.82 Å². The van der Waals surface area contributed by atoms with Crippen molar-refractivity contribution in [1.82, 2.24) is 9.78 Å². The molecule has 0 aliphatic heterocycles. The molecule has 0 aliphatic carbocycles. The maximum atomic E-state index is 13.1. The third kappa shape index (κ3) is 4.80. The normalized spacial score (nSPS) is 11.0. The number of nitrogens with zero attached hydrogens (tertiary/aromatic N) is 2. The van der Waals surface area contributed by atoms with Gasteiger partial charge < -0.3 is 5.32 Å². The van der Waals surface area contributed by atoms with Crippen LogP contribution in [-0.2, 0) is 11.3 Å². The standard InChI is InChI=1S/C19H14BrClFN3O/c20-15-5-1-14(2-6-15)12-25-18(9-10-23-25)24-19(26)8-4-13-3-7-17(22)16(21)11-13/h1-11H,12H2,(H,24,26)/b8-4+. The first-order valence-corrected chi connectivity index (χ1v) is 8.89. The smallest absolute Gasteiger partial charge is 0.249 e. The molecule has 26 heavy (non-hydrogen) atoms. The van der Waals surface area contributed by atoms with Gasteiger partial charge >= 0.3 is 0 Å². The topological polar surface area (TPSA) is 46.9 Å². The fourth-order valence-corrected chi connectivity index (χ4v) is 2.74. The molecule has 1 amide bonds. The van der Waals surface area contributed by atoms with E-state index in [-0.39, 0.29) is 10.9 Å². The Hall–Kier alpha value is -2.44. The number of hydrogen-bond acceptors (Lipinski definition) is 2. The molecule has 0 atom stereocenters. The molecule has 0 spiro atoms. The lowest BCUT2D eigenvalue weighted by Crippen LogP contribution is -2.13. The van der Waals surface area contributed by atoms with Gasteiger partial charge in [-0.05, 0) is 41.5 Å². The molecule has 0 aliphatic rings. The molecule has 4 nitrogen and oxygen atoms in total. The zero-order chi connectivity index (χ0) is 18.5. The van der Waals surface area contributed by atoms with Crippen molar-refractivity contribution in [3.63, 3.8) is 0 Å². The van der Waals surface area contributed by atoms with Gasteiger partial charge in [0.05, 0.1) is 17.8 Å². The van der Waals surface area contributed by atoms with E-state index in [1.54, 1.807) is 29.1 Å². The average molecular weight is 435 g/mol. The second-order valence-corrected chi connectivity index (χ2v) is 6.82. The lowest BCUT2D eigenvalue weighted by molar-refractivity contribution is -0.111. The highest BCUT2D eigenvalue weighted by Crippen LogP contribution is 2.17. The zero-order valence-corrected chi connectivity index (χ0v) is 15.8. The quantitative estimate of drug-likeness (QED) is 0.565. The summed E-state index contributed by atoms with van der Waals surface area (Å²) in [5.74, 6) is -0.229. The Morgan fingerprint density at radius 2 is 2.00 bits per heavy atom. The summed E-state index contributed by atoms with van der Waals surface area (Å²) in [5, 5.41) is 7.02. The number of amides is 1. The van der Waals surface area contributed by atoms with E-state index in [9.17, 15) is 9.18 Å². The van der Waals surface area contributed by atoms with Crippen molar-refractivity contribution in [3.05, 3.63) is 87.2 Å². The summed E-state index contributed by atoms with van der Waals surface area (Å²) in [6.45, 7) is 0.535. The maximum absolute atomic E-state index is 13.1. The van der Waals surface area contributed by atoms with Crippen LogP contribution in [0, 0.1) is 5.82 Å². The number of hydrogen-bond donors (Lipinski definition) is 1. The Kier molecular flexibility index (Phi) is 5.85. The molecule has 132 valence electrons. The van der Waals surface area contributed by atoms with Crippen LogP contribution in [0.3, 0.4) is 0 Å². The van der Waals surface area contributed by atoms with E-state index in [1.165, 1.54) is 18.2 Å². The molecule has 7 heteroatoms. The monoisotopic (exact) mass is 433 g/mol. The van der Waals surface area contributed by atoms with Crippen molar-refractivity contribution in [1.29, 1.82) is 0 Å². The van der Waals surface area contributed by atoms with Crippen molar-refractivity contribution >= 4 is 45.3 Å². The summed E-state index contributed by atoms with van der Waals surface area (Å²) in [7, 11) is 0. The highest BCUT2D eigenvalue weighted by atomic mass is 79.9. The summed E-state index contributed by atoms with van der Waals surface area (Å²) in [6, 6.07) is 13.8. The van der Waals surface area contributed by atoms with Crippen LogP contribution in [0.4, 0.5) is 10.2 Å². The molecule has 0 saturated carbocycles. The first-order valence-electron chi connectivity index (χ1n) is 7.71. The molecule has 0 unspecified atom stereocenters. The van der Waals surface area contributed by atoms with Gasteiger partial charge in [0.15, 0.2) is 0 Å². The summed E-state index contributed by atoms with van der Waals surface area (Å²) in [4.78, 5) is 12.1. The molecule has 0 fully saturated rings. The van der Waals surface area contributed by atoms with Crippen molar-refractivity contribution in [2.24, 2.45) is 0 Å². The van der Waals surface area contributed by atoms with Gasteiger partial charge in [-0.25, -0.2) is 9.07 Å². The predicted octanol–water partition coefficient (Wildman–Crippen LogP) is 5.14. The molecule has 0 radical (unpaired) electrons. The molecule has 1 aromatic heterocycles. The Balaban J connectivity index is 1.66. The second-order valence-electron chi connectivity index (χ2n) is 5.50. The van der Waals surface area contributed by atoms with E-state index >= 15 is 0 Å². The van der Waals surface area contributed by atoms with Crippen LogP contribution in [0.1, 0.15) is 11.1 Å². The molecular weight excluding hydrogens is 421 g/mol. The van der Waals surface area contributed by atoms with Crippen LogP contribution in [0.2, 0.25) is 5.02 Å². The van der Waals surface area contributed by atoms with Gasteiger partial charge in [0.25, 0.3) is 0 Å². The second kappa shape index (κ2) is 8.29. The SMILES string of the molecule is O=C(/C=C/c1ccc(F)c(Cl)c1)Nc1ccnn1Cc1ccc(Br)cc1. The molecule has 3 aromatic rings. The highest BCUT2D eigenvalue weighted by Gasteiger charge is 2.06. The van der Waals surface area contributed by atoms with Crippen LogP contribution in [-0.4, -0.2) is 15.7 Å². The van der Waals surface area contributed by atoms with E-state index in [4.69, 9.17) is 11.6 Å². The van der Waals surface area contributed by atoms with Crippen LogP contribution >= 0.6 is 27.5 Å². The van der Waals surface area contributed by atoms with Gasteiger partial charge in [-0.3, -0.25) is 4.79 Å². The molecule has 0 bridgehead atoms. The van der Waals surface area contributed by atoms with Crippen molar-refractivity contribution in [2.75, 3.05) is 5.32 Å². The van der Waals surface area contributed by atoms with Gasteiger partial charge in [0, 0.05) is 16.6 Å². The minimum atomic E-state index is -0.495. The van der Waals surface area contributed by atoms with Gasteiger partial charge in [-0.2, -0.15) is 5.10 Å². The Morgan fingerprint density at radius 1 is 1.23 bits per heavy atom. The number of rotatable bonds is 5. The van der Waals surface area contributed by atoms with Crippen LogP contribution in [0.15, 0.2) is 65.3 Å². The Morgan fingerprint density at radius 3 is 2.73 bits per heavy atom. The van der Waals surface area contributed by atoms with Gasteiger partial charge in [-0.1, -0.05) is 45.7 Å². The van der Waals surface area contributed by atoms with Crippen LogP contribution in [0.25, 0.3) is 6.08 Å². The van der Waals surface area contributed by atoms with Crippen LogP contribution in [0.5, 0.6) is 0 Å². The number of nitrogens with one attached hydrogen (secondary N) is 1. The lowest BCUT2D eigenvalue weighted by Gasteiger charge is -2.08. The van der Waals surface area contributed by atoms with Crippen LogP contribution < -0.4 is 5.32 Å². The fourth-order valence-electron chi connectivity index (χ4n) is 2.28. The van der Waals surface area contributed by atoms with Crippen molar-refractivity contribution in [3.8, 4) is 0 Å². The molecule has 1 heterocycles. The summed E-state index contributed by atoms with van der Waals surface area (Å²) in [6.07, 6.45) is 4.55. The van der Waals surface area contributed by atoms with Gasteiger partial charge in [0.2, 0.25) is 5.91 Å². The number of aromatic nitrogens is 2. The average Bonchev–Trinajstić information content (AvgIpc) is 3.05. The largest absolute Gasteiger partial charge is 0.307 e. The number of halogens is 3. The number of carbonyl (C=O) groups excluding carboxylic acids is 1. The molecule has 2 aromatic carbocycles. The Bertz CT molecular complexity index is 954. The maximum Gasteiger partial charge on any atom is 0.249 e. The molecule has 0 saturated heterocycles. The molecular formula is C19H14BrClFN3O. The summed E-state index contributed by atoms with van der Waals surface area (Å²) >= 11 is 9.13. The first kappa shape index (κ1) is 18.4. The van der Waals surface area contributed by atoms with Crippen molar-refractivity contribution in [2.45, 2.75) is 6.54 Å². The highest BCUT2D eigenvalue weighted by molar-refractivity contribution is 9.10. The minimum Gasteiger partial charge on any atom is -0.307 e. The number of carbonyl (C=O) groups is 1. The summed E-state index contributed by atoms with van der Waals surface area (Å²) < 4.78 is 15.8. The lowest BCUT2D eigenvalue weighted by atomic mass is 10.2. The third-order valence-electron chi connectivity index (χ3n) is 3.58. The van der Waals surface area contributed by atoms with Gasteiger partial charge in [0.1, 0.15) is 11.6 Å². The first-order chi connectivity index (χ1) is 12.5. The third-order valence-corrected chi connectivity index (χ3v) is 4.40. The molecule has 3 rings (SSSR count). The predicted molar refractivity (Wildman–Crippen MR) is 105 cm³/mol. The van der Waals surface area contributed by atoms with E-state index in [1.807, 2.05) is 24.3 Å². The van der Waals surface area contributed by atoms with Crippen molar-refractivity contribution < 1.29 is 9.18 Å². The number of benzene rings is 2. The van der Waals surface area contributed by atoms with E-state index in [0.717, 1.165) is 10.0 Å². The molecule has 1 N–H and O–H groups in total. The van der Waals surface area contributed by atoms with E-state index in [0.29, 0.717) is 17.9 Å². The van der Waals surface area contributed by atoms with E-state index in [2.05, 4.69) is 26.3 Å². The van der Waals surface area contributed by atoms with Gasteiger partial charge in [-0.15, -0.1) is 0 Å². The Labute approximate surface area is 163 Å². The zero-order valence-electron chi connectivity index (χ0n) is 13.5.